The lowest BCUT2D eigenvalue weighted by Gasteiger charge is -2.24. The molecule has 0 amide bonds. The number of rotatable bonds is 4. The number of nitrogens with one attached hydrogen (secondary N) is 2. The van der Waals surface area contributed by atoms with Gasteiger partial charge >= 0.3 is 0 Å². The van der Waals surface area contributed by atoms with Gasteiger partial charge in [0.1, 0.15) is 18.0 Å². The van der Waals surface area contributed by atoms with Crippen LogP contribution in [-0.4, -0.2) is 56.4 Å². The van der Waals surface area contributed by atoms with Crippen LogP contribution in [-0.2, 0) is 4.74 Å². The fourth-order valence-electron chi connectivity index (χ4n) is 1.67. The van der Waals surface area contributed by atoms with Crippen molar-refractivity contribution in [3.63, 3.8) is 0 Å². The average Bonchev–Trinajstić information content (AvgIpc) is 2.38. The van der Waals surface area contributed by atoms with E-state index in [2.05, 4.69) is 20.6 Å². The Balaban J connectivity index is 1.87. The van der Waals surface area contributed by atoms with Crippen LogP contribution in [0.3, 0.4) is 0 Å². The first-order valence-corrected chi connectivity index (χ1v) is 5.80. The molecular weight excluding hydrogens is 218 g/mol. The van der Waals surface area contributed by atoms with Gasteiger partial charge in [0.2, 0.25) is 0 Å². The number of hydrogen-bond donors (Lipinski definition) is 2. The predicted octanol–water partition coefficient (Wildman–Crippen LogP) is -0.0571. The maximum atomic E-state index is 5.39. The van der Waals surface area contributed by atoms with Crippen LogP contribution in [0.25, 0.3) is 0 Å². The van der Waals surface area contributed by atoms with Crippen molar-refractivity contribution in [2.24, 2.45) is 0 Å². The Bertz CT molecular complexity index is 351. The number of morpholine rings is 1. The predicted molar refractivity (Wildman–Crippen MR) is 67.5 cm³/mol. The highest BCUT2D eigenvalue weighted by Crippen LogP contribution is 2.10. The molecule has 1 aliphatic heterocycles. The lowest BCUT2D eigenvalue weighted by molar-refractivity contribution is 0.0806. The van der Waals surface area contributed by atoms with E-state index in [4.69, 9.17) is 4.74 Å². The number of ether oxygens (including phenoxy) is 1. The maximum Gasteiger partial charge on any atom is 0.133 e. The van der Waals surface area contributed by atoms with Crippen LogP contribution in [0.4, 0.5) is 11.6 Å². The lowest BCUT2D eigenvalue weighted by Crippen LogP contribution is -2.45. The van der Waals surface area contributed by atoms with Gasteiger partial charge in [-0.05, 0) is 0 Å². The van der Waals surface area contributed by atoms with Crippen LogP contribution >= 0.6 is 0 Å². The first-order valence-electron chi connectivity index (χ1n) is 5.80. The Morgan fingerprint density at radius 2 is 2.41 bits per heavy atom. The van der Waals surface area contributed by atoms with Crippen molar-refractivity contribution in [2.45, 2.75) is 6.04 Å². The van der Waals surface area contributed by atoms with Gasteiger partial charge in [0, 0.05) is 39.3 Å². The summed E-state index contributed by atoms with van der Waals surface area (Å²) in [5.74, 6) is 1.74. The van der Waals surface area contributed by atoms with Gasteiger partial charge in [0.25, 0.3) is 0 Å². The molecule has 1 saturated heterocycles. The van der Waals surface area contributed by atoms with Crippen LogP contribution in [0.5, 0.6) is 0 Å². The Hall–Kier alpha value is -1.40. The molecule has 94 valence electrons. The molecule has 6 nitrogen and oxygen atoms in total. The zero-order chi connectivity index (χ0) is 12.1. The normalized spacial score (nSPS) is 20.0. The summed E-state index contributed by atoms with van der Waals surface area (Å²) in [5.41, 5.74) is 0. The summed E-state index contributed by atoms with van der Waals surface area (Å²) in [6.07, 6.45) is 1.57. The molecule has 0 aliphatic carbocycles. The molecule has 0 saturated carbocycles. The van der Waals surface area contributed by atoms with E-state index < -0.39 is 0 Å². The molecule has 1 unspecified atom stereocenters. The van der Waals surface area contributed by atoms with Gasteiger partial charge in [-0.25, -0.2) is 9.97 Å². The van der Waals surface area contributed by atoms with Gasteiger partial charge in [0.15, 0.2) is 0 Å². The molecule has 1 fully saturated rings. The third-order valence-corrected chi connectivity index (χ3v) is 2.64. The van der Waals surface area contributed by atoms with Crippen molar-refractivity contribution < 1.29 is 4.74 Å². The highest BCUT2D eigenvalue weighted by Gasteiger charge is 2.12. The smallest absolute Gasteiger partial charge is 0.133 e. The molecule has 2 rings (SSSR count). The van der Waals surface area contributed by atoms with Crippen LogP contribution in [0.1, 0.15) is 0 Å². The number of hydrogen-bond acceptors (Lipinski definition) is 6. The third-order valence-electron chi connectivity index (χ3n) is 2.64. The lowest BCUT2D eigenvalue weighted by atomic mass is 10.3. The quantitative estimate of drug-likeness (QED) is 0.765. The monoisotopic (exact) mass is 237 g/mol. The molecule has 17 heavy (non-hydrogen) atoms. The van der Waals surface area contributed by atoms with Crippen molar-refractivity contribution in [1.82, 2.24) is 15.3 Å². The van der Waals surface area contributed by atoms with Gasteiger partial charge in [-0.1, -0.05) is 0 Å². The largest absolute Gasteiger partial charge is 0.378 e. The molecule has 1 atom stereocenters. The van der Waals surface area contributed by atoms with Crippen LogP contribution in [0.2, 0.25) is 0 Å². The van der Waals surface area contributed by atoms with Crippen LogP contribution < -0.4 is 15.5 Å². The van der Waals surface area contributed by atoms with E-state index in [9.17, 15) is 0 Å². The van der Waals surface area contributed by atoms with E-state index in [1.807, 2.05) is 25.1 Å². The summed E-state index contributed by atoms with van der Waals surface area (Å²) in [7, 11) is 3.92. The molecule has 1 aromatic rings. The topological polar surface area (TPSA) is 62.3 Å². The van der Waals surface area contributed by atoms with Gasteiger partial charge in [-0.3, -0.25) is 0 Å². The first-order chi connectivity index (χ1) is 8.25. The van der Waals surface area contributed by atoms with Crippen molar-refractivity contribution in [3.05, 3.63) is 12.4 Å². The molecule has 0 spiro atoms. The molecule has 0 aromatic carbocycles. The Morgan fingerprint density at radius 1 is 1.53 bits per heavy atom. The second-order valence-corrected chi connectivity index (χ2v) is 4.26. The summed E-state index contributed by atoms with van der Waals surface area (Å²) in [6.45, 7) is 3.27. The van der Waals surface area contributed by atoms with E-state index >= 15 is 0 Å². The molecule has 0 bridgehead atoms. The third kappa shape index (κ3) is 3.54. The molecule has 2 N–H and O–H groups in total. The zero-order valence-electron chi connectivity index (χ0n) is 10.3. The second-order valence-electron chi connectivity index (χ2n) is 4.26. The Kier molecular flexibility index (Phi) is 4.11. The zero-order valence-corrected chi connectivity index (χ0v) is 10.3. The SMILES string of the molecule is CN(C)c1cc(NCC2COCCN2)ncn1. The van der Waals surface area contributed by atoms with Gasteiger partial charge in [-0.2, -0.15) is 0 Å². The summed E-state index contributed by atoms with van der Waals surface area (Å²) in [5, 5.41) is 6.67. The summed E-state index contributed by atoms with van der Waals surface area (Å²) in [4.78, 5) is 10.3. The minimum Gasteiger partial charge on any atom is -0.378 e. The number of anilines is 2. The maximum absolute atomic E-state index is 5.39. The minimum atomic E-state index is 0.349. The summed E-state index contributed by atoms with van der Waals surface area (Å²) in [6, 6.07) is 2.28. The molecular formula is C11H19N5O. The minimum absolute atomic E-state index is 0.349. The van der Waals surface area contributed by atoms with E-state index in [-0.39, 0.29) is 0 Å². The van der Waals surface area contributed by atoms with Crippen molar-refractivity contribution >= 4 is 11.6 Å². The average molecular weight is 237 g/mol. The van der Waals surface area contributed by atoms with E-state index in [0.29, 0.717) is 6.04 Å². The summed E-state index contributed by atoms with van der Waals surface area (Å²) >= 11 is 0. The highest BCUT2D eigenvalue weighted by atomic mass is 16.5. The van der Waals surface area contributed by atoms with Crippen molar-refractivity contribution in [3.8, 4) is 0 Å². The van der Waals surface area contributed by atoms with Crippen molar-refractivity contribution in [2.75, 3.05) is 50.6 Å². The molecule has 0 radical (unpaired) electrons. The van der Waals surface area contributed by atoms with Crippen LogP contribution in [0.15, 0.2) is 12.4 Å². The van der Waals surface area contributed by atoms with E-state index in [0.717, 1.165) is 37.9 Å². The van der Waals surface area contributed by atoms with Gasteiger partial charge in [0.05, 0.1) is 13.2 Å². The standard InChI is InChI=1S/C11H19N5O/c1-16(2)11-5-10(14-8-15-11)13-6-9-7-17-4-3-12-9/h5,8-9,12H,3-4,6-7H2,1-2H3,(H,13,14,15). The van der Waals surface area contributed by atoms with E-state index in [1.54, 1.807) is 6.33 Å². The van der Waals surface area contributed by atoms with Gasteiger partial charge in [-0.15, -0.1) is 0 Å². The molecule has 1 aliphatic rings. The molecule has 2 heterocycles. The van der Waals surface area contributed by atoms with E-state index in [1.165, 1.54) is 0 Å². The summed E-state index contributed by atoms with van der Waals surface area (Å²) < 4.78 is 5.39. The second kappa shape index (κ2) is 5.79. The molecule has 6 heteroatoms. The fourth-order valence-corrected chi connectivity index (χ4v) is 1.67. The van der Waals surface area contributed by atoms with Crippen molar-refractivity contribution in [1.29, 1.82) is 0 Å². The van der Waals surface area contributed by atoms with Gasteiger partial charge < -0.3 is 20.3 Å². The number of aromatic nitrogens is 2. The first kappa shape index (κ1) is 12.1. The Labute approximate surface area is 101 Å². The number of nitrogens with zero attached hydrogens (tertiary/aromatic N) is 3. The Morgan fingerprint density at radius 3 is 3.12 bits per heavy atom. The highest BCUT2D eigenvalue weighted by molar-refractivity contribution is 5.47. The fraction of sp³-hybridized carbons (Fsp3) is 0.636. The molecule has 1 aromatic heterocycles. The van der Waals surface area contributed by atoms with Crippen LogP contribution in [0, 0.1) is 0 Å².